The maximum Gasteiger partial charge on any atom is 0.246 e. The van der Waals surface area contributed by atoms with Crippen LogP contribution >= 0.6 is 0 Å². The van der Waals surface area contributed by atoms with Gasteiger partial charge >= 0.3 is 0 Å². The molecule has 1 N–H and O–H groups in total. The third-order valence-electron chi connectivity index (χ3n) is 5.04. The average Bonchev–Trinajstić information content (AvgIpc) is 3.34. The Balaban J connectivity index is 1.41. The molecule has 7 nitrogen and oxygen atoms in total. The number of aromatic nitrogens is 5. The molecule has 4 heterocycles. The minimum absolute atomic E-state index is 0.323. The summed E-state index contributed by atoms with van der Waals surface area (Å²) >= 11 is 0. The van der Waals surface area contributed by atoms with Crippen LogP contribution in [-0.2, 0) is 0 Å². The molecule has 0 radical (unpaired) electrons. The number of anilines is 1. The molecule has 4 aromatic rings. The molecular formula is C20H20N6O. The van der Waals surface area contributed by atoms with Gasteiger partial charge in [0, 0.05) is 19.0 Å². The second-order valence-electron chi connectivity index (χ2n) is 6.98. The number of fused-ring (bicyclic) bond motifs is 1. The van der Waals surface area contributed by atoms with Gasteiger partial charge in [-0.05, 0) is 44.0 Å². The Bertz CT molecular complexity index is 1050. The summed E-state index contributed by atoms with van der Waals surface area (Å²) < 4.78 is 5.67. The molecule has 1 aliphatic heterocycles. The van der Waals surface area contributed by atoms with Crippen LogP contribution in [-0.4, -0.2) is 38.2 Å². The maximum atomic E-state index is 5.67. The van der Waals surface area contributed by atoms with Crippen LogP contribution in [0.15, 0.2) is 47.0 Å². The van der Waals surface area contributed by atoms with Gasteiger partial charge in [-0.2, -0.15) is 5.10 Å². The Hall–Kier alpha value is -3.22. The number of piperidine rings is 1. The van der Waals surface area contributed by atoms with Crippen molar-refractivity contribution in [2.45, 2.75) is 25.7 Å². The highest BCUT2D eigenvalue weighted by Crippen LogP contribution is 2.29. The van der Waals surface area contributed by atoms with Crippen molar-refractivity contribution in [1.82, 2.24) is 25.1 Å². The van der Waals surface area contributed by atoms with E-state index in [0.717, 1.165) is 54.3 Å². The molecule has 136 valence electrons. The summed E-state index contributed by atoms with van der Waals surface area (Å²) in [7, 11) is 0. The molecule has 1 aromatic carbocycles. The highest BCUT2D eigenvalue weighted by molar-refractivity contribution is 5.74. The summed E-state index contributed by atoms with van der Waals surface area (Å²) in [5.41, 5.74) is 2.80. The van der Waals surface area contributed by atoms with Crippen LogP contribution in [0.25, 0.3) is 22.5 Å². The molecule has 1 atom stereocenters. The van der Waals surface area contributed by atoms with Gasteiger partial charge in [-0.15, -0.1) is 5.10 Å². The first-order valence-electron chi connectivity index (χ1n) is 9.22. The Kier molecular flexibility index (Phi) is 3.85. The number of hydrogen-bond donors (Lipinski definition) is 1. The summed E-state index contributed by atoms with van der Waals surface area (Å²) in [6, 6.07) is 12.0. The Labute approximate surface area is 156 Å². The number of aryl methyl sites for hydroxylation is 1. The Morgan fingerprint density at radius 3 is 2.93 bits per heavy atom. The first-order chi connectivity index (χ1) is 13.3. The monoisotopic (exact) mass is 360 g/mol. The van der Waals surface area contributed by atoms with Gasteiger partial charge in [0.25, 0.3) is 0 Å². The van der Waals surface area contributed by atoms with Gasteiger partial charge in [0.1, 0.15) is 17.3 Å². The lowest BCUT2D eigenvalue weighted by Gasteiger charge is -2.31. The number of H-pyrrole nitrogens is 1. The van der Waals surface area contributed by atoms with Crippen LogP contribution in [0, 0.1) is 6.92 Å². The maximum absolute atomic E-state index is 5.67. The SMILES string of the molecule is Cc1ccc(-c2cnnc(N3CCCC(c4nc5ccccc5[nH]4)C3)n2)o1. The van der Waals surface area contributed by atoms with E-state index in [1.165, 1.54) is 0 Å². The van der Waals surface area contributed by atoms with Crippen LogP contribution < -0.4 is 4.90 Å². The number of imidazole rings is 1. The molecule has 5 rings (SSSR count). The fourth-order valence-corrected chi connectivity index (χ4v) is 3.67. The molecule has 0 bridgehead atoms. The number of hydrogen-bond acceptors (Lipinski definition) is 6. The molecule has 27 heavy (non-hydrogen) atoms. The molecule has 0 aliphatic carbocycles. The van der Waals surface area contributed by atoms with Gasteiger partial charge in [0.15, 0.2) is 5.76 Å². The summed E-state index contributed by atoms with van der Waals surface area (Å²) in [5.74, 6) is 3.57. The zero-order valence-corrected chi connectivity index (χ0v) is 15.1. The lowest BCUT2D eigenvalue weighted by Crippen LogP contribution is -2.36. The van der Waals surface area contributed by atoms with Crippen molar-refractivity contribution < 1.29 is 4.42 Å². The first-order valence-corrected chi connectivity index (χ1v) is 9.22. The average molecular weight is 360 g/mol. The van der Waals surface area contributed by atoms with Crippen LogP contribution in [0.4, 0.5) is 5.95 Å². The highest BCUT2D eigenvalue weighted by Gasteiger charge is 2.26. The van der Waals surface area contributed by atoms with Gasteiger partial charge in [-0.25, -0.2) is 9.97 Å². The molecule has 0 saturated carbocycles. The predicted molar refractivity (Wildman–Crippen MR) is 103 cm³/mol. The van der Waals surface area contributed by atoms with E-state index in [1.54, 1.807) is 6.20 Å². The first kappa shape index (κ1) is 16.0. The summed E-state index contributed by atoms with van der Waals surface area (Å²) in [6.07, 6.45) is 3.80. The van der Waals surface area contributed by atoms with Gasteiger partial charge in [-0.1, -0.05) is 12.1 Å². The van der Waals surface area contributed by atoms with Crippen LogP contribution in [0.1, 0.15) is 30.3 Å². The number of rotatable bonds is 3. The number of furan rings is 1. The molecule has 1 aliphatic rings. The van der Waals surface area contributed by atoms with Crippen molar-refractivity contribution in [2.75, 3.05) is 18.0 Å². The van der Waals surface area contributed by atoms with E-state index in [-0.39, 0.29) is 0 Å². The molecule has 1 unspecified atom stereocenters. The molecule has 1 saturated heterocycles. The third kappa shape index (κ3) is 3.05. The molecular weight excluding hydrogens is 340 g/mol. The van der Waals surface area contributed by atoms with E-state index in [0.29, 0.717) is 17.6 Å². The van der Waals surface area contributed by atoms with Crippen molar-refractivity contribution >= 4 is 17.0 Å². The zero-order valence-electron chi connectivity index (χ0n) is 15.1. The van der Waals surface area contributed by atoms with Crippen LogP contribution in [0.3, 0.4) is 0 Å². The zero-order chi connectivity index (χ0) is 18.2. The minimum atomic E-state index is 0.323. The summed E-state index contributed by atoms with van der Waals surface area (Å²) in [6.45, 7) is 3.66. The highest BCUT2D eigenvalue weighted by atomic mass is 16.3. The lowest BCUT2D eigenvalue weighted by molar-refractivity contribution is 0.487. The fraction of sp³-hybridized carbons (Fsp3) is 0.300. The van der Waals surface area contributed by atoms with E-state index in [9.17, 15) is 0 Å². The van der Waals surface area contributed by atoms with E-state index < -0.39 is 0 Å². The van der Waals surface area contributed by atoms with Crippen LogP contribution in [0.2, 0.25) is 0 Å². The largest absolute Gasteiger partial charge is 0.460 e. The van der Waals surface area contributed by atoms with E-state index >= 15 is 0 Å². The van der Waals surface area contributed by atoms with Crippen LogP contribution in [0.5, 0.6) is 0 Å². The molecule has 1 fully saturated rings. The van der Waals surface area contributed by atoms with E-state index in [4.69, 9.17) is 9.40 Å². The van der Waals surface area contributed by atoms with Crippen molar-refractivity contribution in [3.8, 4) is 11.5 Å². The normalized spacial score (nSPS) is 17.5. The number of benzene rings is 1. The Morgan fingerprint density at radius 1 is 1.15 bits per heavy atom. The van der Waals surface area contributed by atoms with Crippen molar-refractivity contribution in [1.29, 1.82) is 0 Å². The predicted octanol–water partition coefficient (Wildman–Crippen LogP) is 3.70. The topological polar surface area (TPSA) is 83.7 Å². The lowest BCUT2D eigenvalue weighted by atomic mass is 9.98. The third-order valence-corrected chi connectivity index (χ3v) is 5.04. The van der Waals surface area contributed by atoms with Crippen molar-refractivity contribution in [2.24, 2.45) is 0 Å². The Morgan fingerprint density at radius 2 is 2.07 bits per heavy atom. The standard InChI is InChI=1S/C20H20N6O/c1-13-8-9-18(27-13)17-11-21-25-20(24-17)26-10-4-5-14(12-26)19-22-15-6-2-3-7-16(15)23-19/h2-3,6-9,11,14H,4-5,10,12H2,1H3,(H,22,23). The summed E-state index contributed by atoms with van der Waals surface area (Å²) in [4.78, 5) is 15.1. The smallest absolute Gasteiger partial charge is 0.246 e. The van der Waals surface area contributed by atoms with Gasteiger partial charge in [0.05, 0.1) is 17.2 Å². The van der Waals surface area contributed by atoms with Crippen molar-refractivity contribution in [3.63, 3.8) is 0 Å². The number of nitrogens with one attached hydrogen (secondary N) is 1. The number of aromatic amines is 1. The van der Waals surface area contributed by atoms with E-state index in [2.05, 4.69) is 31.1 Å². The summed E-state index contributed by atoms with van der Waals surface area (Å²) in [5, 5.41) is 8.40. The minimum Gasteiger partial charge on any atom is -0.460 e. The molecule has 7 heteroatoms. The molecule has 0 spiro atoms. The molecule has 3 aromatic heterocycles. The quantitative estimate of drug-likeness (QED) is 0.600. The van der Waals surface area contributed by atoms with Gasteiger partial charge in [-0.3, -0.25) is 0 Å². The van der Waals surface area contributed by atoms with Gasteiger partial charge in [0.2, 0.25) is 5.95 Å². The second-order valence-corrected chi connectivity index (χ2v) is 6.98. The van der Waals surface area contributed by atoms with E-state index in [1.807, 2.05) is 37.3 Å². The number of para-hydroxylation sites is 2. The fourth-order valence-electron chi connectivity index (χ4n) is 3.67. The van der Waals surface area contributed by atoms with Crippen molar-refractivity contribution in [3.05, 3.63) is 54.2 Å². The second kappa shape index (κ2) is 6.50. The van der Waals surface area contributed by atoms with Gasteiger partial charge < -0.3 is 14.3 Å². The molecule has 0 amide bonds. The number of nitrogens with zero attached hydrogens (tertiary/aromatic N) is 5.